The Morgan fingerprint density at radius 1 is 0.500 bits per heavy atom. The first-order valence-electron chi connectivity index (χ1n) is 6.44. The molecule has 0 atom stereocenters. The third-order valence-electron chi connectivity index (χ3n) is 3.78. The van der Waals surface area contributed by atoms with Crippen LogP contribution in [-0.2, 0) is 0 Å². The SMILES string of the molecule is Clc1ccc(Cl)c2c1ccc1ccc3ccccc3c12. The molecule has 0 aliphatic heterocycles. The van der Waals surface area contributed by atoms with Gasteiger partial charge in [-0.2, -0.15) is 0 Å². The van der Waals surface area contributed by atoms with Crippen LogP contribution in [-0.4, -0.2) is 0 Å². The molecule has 0 saturated heterocycles. The lowest BCUT2D eigenvalue weighted by atomic mass is 9.96. The minimum absolute atomic E-state index is 0.735. The highest BCUT2D eigenvalue weighted by atomic mass is 35.5. The van der Waals surface area contributed by atoms with Crippen LogP contribution in [0.3, 0.4) is 0 Å². The number of fused-ring (bicyclic) bond motifs is 5. The molecule has 0 aromatic heterocycles. The highest BCUT2D eigenvalue weighted by molar-refractivity contribution is 6.43. The average Bonchev–Trinajstić information content (AvgIpc) is 2.50. The molecular weight excluding hydrogens is 287 g/mol. The van der Waals surface area contributed by atoms with E-state index in [2.05, 4.69) is 36.4 Å². The zero-order valence-electron chi connectivity index (χ0n) is 10.5. The van der Waals surface area contributed by atoms with E-state index in [4.69, 9.17) is 23.2 Å². The van der Waals surface area contributed by atoms with Gasteiger partial charge in [0, 0.05) is 20.8 Å². The number of rotatable bonds is 0. The van der Waals surface area contributed by atoms with E-state index < -0.39 is 0 Å². The second-order valence-electron chi connectivity index (χ2n) is 4.90. The van der Waals surface area contributed by atoms with Crippen molar-refractivity contribution in [3.8, 4) is 0 Å². The van der Waals surface area contributed by atoms with Gasteiger partial charge >= 0.3 is 0 Å². The molecule has 0 radical (unpaired) electrons. The lowest BCUT2D eigenvalue weighted by Crippen LogP contribution is -1.83. The zero-order chi connectivity index (χ0) is 13.7. The van der Waals surface area contributed by atoms with Crippen molar-refractivity contribution < 1.29 is 0 Å². The summed E-state index contributed by atoms with van der Waals surface area (Å²) in [4.78, 5) is 0. The van der Waals surface area contributed by atoms with Gasteiger partial charge in [-0.15, -0.1) is 0 Å². The fourth-order valence-corrected chi connectivity index (χ4v) is 3.34. The van der Waals surface area contributed by atoms with Crippen LogP contribution in [0.5, 0.6) is 0 Å². The Morgan fingerprint density at radius 2 is 1.20 bits per heavy atom. The smallest absolute Gasteiger partial charge is 0.0491 e. The molecule has 0 amide bonds. The van der Waals surface area contributed by atoms with Crippen molar-refractivity contribution in [1.82, 2.24) is 0 Å². The van der Waals surface area contributed by atoms with Crippen LogP contribution < -0.4 is 0 Å². The lowest BCUT2D eigenvalue weighted by molar-refractivity contribution is 1.77. The number of hydrogen-bond acceptors (Lipinski definition) is 0. The Morgan fingerprint density at radius 3 is 2.10 bits per heavy atom. The fraction of sp³-hybridized carbons (Fsp3) is 0. The molecule has 0 fully saturated rings. The molecule has 0 bridgehead atoms. The first kappa shape index (κ1) is 12.0. The molecular formula is C18H10Cl2. The van der Waals surface area contributed by atoms with Gasteiger partial charge in [0.25, 0.3) is 0 Å². The standard InChI is InChI=1S/C18H10Cl2/c19-15-9-10-16(20)18-14(15)8-7-12-6-5-11-3-1-2-4-13(11)17(12)18/h1-10H. The van der Waals surface area contributed by atoms with Gasteiger partial charge in [-0.05, 0) is 33.7 Å². The van der Waals surface area contributed by atoms with Gasteiger partial charge in [0.1, 0.15) is 0 Å². The van der Waals surface area contributed by atoms with Crippen LogP contribution in [0.25, 0.3) is 32.3 Å². The summed E-state index contributed by atoms with van der Waals surface area (Å²) in [6.07, 6.45) is 0. The Hall–Kier alpha value is -1.76. The summed E-state index contributed by atoms with van der Waals surface area (Å²) in [5.41, 5.74) is 0. The molecule has 96 valence electrons. The van der Waals surface area contributed by atoms with Crippen molar-refractivity contribution in [2.45, 2.75) is 0 Å². The van der Waals surface area contributed by atoms with E-state index in [1.54, 1.807) is 0 Å². The molecule has 0 spiro atoms. The van der Waals surface area contributed by atoms with Crippen molar-refractivity contribution in [2.24, 2.45) is 0 Å². The third kappa shape index (κ3) is 1.62. The van der Waals surface area contributed by atoms with E-state index >= 15 is 0 Å². The molecule has 4 aromatic rings. The summed E-state index contributed by atoms with van der Waals surface area (Å²) in [7, 11) is 0. The molecule has 2 heteroatoms. The van der Waals surface area contributed by atoms with Crippen molar-refractivity contribution in [3.63, 3.8) is 0 Å². The van der Waals surface area contributed by atoms with Crippen LogP contribution in [0.15, 0.2) is 60.7 Å². The maximum absolute atomic E-state index is 6.45. The van der Waals surface area contributed by atoms with Gasteiger partial charge in [0.05, 0.1) is 0 Å². The summed E-state index contributed by atoms with van der Waals surface area (Å²) in [5.74, 6) is 0. The average molecular weight is 297 g/mol. The van der Waals surface area contributed by atoms with Crippen LogP contribution in [0.1, 0.15) is 0 Å². The van der Waals surface area contributed by atoms with Crippen LogP contribution in [0, 0.1) is 0 Å². The molecule has 0 nitrogen and oxygen atoms in total. The molecule has 0 aliphatic rings. The Bertz CT molecular complexity index is 971. The van der Waals surface area contributed by atoms with Gasteiger partial charge in [0.15, 0.2) is 0 Å². The summed E-state index contributed by atoms with van der Waals surface area (Å²) < 4.78 is 0. The first-order valence-corrected chi connectivity index (χ1v) is 7.19. The van der Waals surface area contributed by atoms with E-state index in [1.807, 2.05) is 24.3 Å². The van der Waals surface area contributed by atoms with Gasteiger partial charge in [0.2, 0.25) is 0 Å². The van der Waals surface area contributed by atoms with Crippen molar-refractivity contribution in [2.75, 3.05) is 0 Å². The van der Waals surface area contributed by atoms with Gasteiger partial charge in [-0.25, -0.2) is 0 Å². The van der Waals surface area contributed by atoms with Gasteiger partial charge in [-0.3, -0.25) is 0 Å². The van der Waals surface area contributed by atoms with Crippen molar-refractivity contribution in [3.05, 3.63) is 70.7 Å². The van der Waals surface area contributed by atoms with Gasteiger partial charge in [-0.1, -0.05) is 71.7 Å². The van der Waals surface area contributed by atoms with E-state index in [-0.39, 0.29) is 0 Å². The second-order valence-corrected chi connectivity index (χ2v) is 5.72. The molecule has 20 heavy (non-hydrogen) atoms. The summed E-state index contributed by atoms with van der Waals surface area (Å²) in [6.45, 7) is 0. The van der Waals surface area contributed by atoms with Crippen molar-refractivity contribution in [1.29, 1.82) is 0 Å². The number of halogens is 2. The zero-order valence-corrected chi connectivity index (χ0v) is 12.0. The molecule has 0 saturated carbocycles. The maximum Gasteiger partial charge on any atom is 0.0491 e. The Balaban J connectivity index is 2.40. The number of hydrogen-bond donors (Lipinski definition) is 0. The van der Waals surface area contributed by atoms with Crippen LogP contribution >= 0.6 is 23.2 Å². The van der Waals surface area contributed by atoms with Crippen LogP contribution in [0.4, 0.5) is 0 Å². The van der Waals surface area contributed by atoms with Crippen molar-refractivity contribution >= 4 is 55.5 Å². The largest absolute Gasteiger partial charge is 0.0837 e. The quantitative estimate of drug-likeness (QED) is 0.327. The molecule has 0 aliphatic carbocycles. The molecule has 0 unspecified atom stereocenters. The Kier molecular flexibility index (Phi) is 2.63. The van der Waals surface area contributed by atoms with Gasteiger partial charge < -0.3 is 0 Å². The topological polar surface area (TPSA) is 0 Å². The second kappa shape index (κ2) is 4.37. The monoisotopic (exact) mass is 296 g/mol. The Labute approximate surface area is 126 Å². The highest BCUT2D eigenvalue weighted by Crippen LogP contribution is 2.38. The lowest BCUT2D eigenvalue weighted by Gasteiger charge is -2.10. The molecule has 0 heterocycles. The minimum Gasteiger partial charge on any atom is -0.0837 e. The van der Waals surface area contributed by atoms with E-state index in [0.29, 0.717) is 0 Å². The van der Waals surface area contributed by atoms with E-state index in [9.17, 15) is 0 Å². The summed E-state index contributed by atoms with van der Waals surface area (Å²) in [6, 6.07) is 20.5. The predicted octanol–water partition coefficient (Wildman–Crippen LogP) is 6.45. The number of benzene rings is 4. The third-order valence-corrected chi connectivity index (χ3v) is 4.43. The summed E-state index contributed by atoms with van der Waals surface area (Å²) >= 11 is 12.8. The fourth-order valence-electron chi connectivity index (χ4n) is 2.86. The summed E-state index contributed by atoms with van der Waals surface area (Å²) in [5, 5.41) is 8.29. The molecule has 4 rings (SSSR count). The van der Waals surface area contributed by atoms with E-state index in [0.717, 1.165) is 20.8 Å². The predicted molar refractivity (Wildman–Crippen MR) is 89.0 cm³/mol. The normalized spacial score (nSPS) is 11.5. The molecule has 0 N–H and O–H groups in total. The van der Waals surface area contributed by atoms with E-state index in [1.165, 1.54) is 21.5 Å². The van der Waals surface area contributed by atoms with Crippen LogP contribution in [0.2, 0.25) is 10.0 Å². The minimum atomic E-state index is 0.735. The highest BCUT2D eigenvalue weighted by Gasteiger charge is 2.10. The maximum atomic E-state index is 6.45. The molecule has 4 aromatic carbocycles. The first-order chi connectivity index (χ1) is 9.75.